The number of likely N-dealkylation sites (N-methyl/N-ethyl adjacent to an activating group) is 2. The van der Waals surface area contributed by atoms with Gasteiger partial charge in [0.05, 0.1) is 18.3 Å². The fourth-order valence-corrected chi connectivity index (χ4v) is 3.81. The van der Waals surface area contributed by atoms with Crippen molar-refractivity contribution in [1.82, 2.24) is 19.9 Å². The maximum absolute atomic E-state index is 12.6. The van der Waals surface area contributed by atoms with Crippen LogP contribution in [0.1, 0.15) is 51.0 Å². The van der Waals surface area contributed by atoms with E-state index in [0.717, 1.165) is 12.1 Å². The Kier molecular flexibility index (Phi) is 7.46. The summed E-state index contributed by atoms with van der Waals surface area (Å²) >= 11 is 0. The largest absolute Gasteiger partial charge is 0.492 e. The van der Waals surface area contributed by atoms with E-state index in [1.807, 2.05) is 32.1 Å². The molecule has 0 saturated carbocycles. The third-order valence-electron chi connectivity index (χ3n) is 5.27. The number of aromatic nitrogens is 3. The number of anilines is 1. The van der Waals surface area contributed by atoms with Crippen molar-refractivity contribution in [2.45, 2.75) is 46.1 Å². The van der Waals surface area contributed by atoms with Crippen LogP contribution in [0.5, 0.6) is 5.75 Å². The fourth-order valence-electron chi connectivity index (χ4n) is 3.81. The highest BCUT2D eigenvalue weighted by molar-refractivity contribution is 5.84. The van der Waals surface area contributed by atoms with Crippen molar-refractivity contribution in [3.63, 3.8) is 0 Å². The number of carbonyl (C=O) groups is 1. The van der Waals surface area contributed by atoms with Gasteiger partial charge in [0.2, 0.25) is 0 Å². The molecule has 0 bridgehead atoms. The van der Waals surface area contributed by atoms with E-state index in [0.29, 0.717) is 54.6 Å². The van der Waals surface area contributed by atoms with Crippen LogP contribution in [0.2, 0.25) is 0 Å². The minimum atomic E-state index is -0.635. The van der Waals surface area contributed by atoms with Gasteiger partial charge in [-0.2, -0.15) is 0 Å². The summed E-state index contributed by atoms with van der Waals surface area (Å²) in [6, 6.07) is 3.62. The summed E-state index contributed by atoms with van der Waals surface area (Å²) < 4.78 is 5.83. The van der Waals surface area contributed by atoms with Crippen LogP contribution in [0.3, 0.4) is 0 Å². The Morgan fingerprint density at radius 3 is 2.69 bits per heavy atom. The van der Waals surface area contributed by atoms with Crippen molar-refractivity contribution >= 4 is 11.6 Å². The summed E-state index contributed by atoms with van der Waals surface area (Å²) in [5.74, 6) is 1.95. The molecule has 8 nitrogen and oxygen atoms in total. The average molecular weight is 442 g/mol. The van der Waals surface area contributed by atoms with Crippen LogP contribution in [0.25, 0.3) is 11.5 Å². The second kappa shape index (κ2) is 9.92. The molecule has 1 N–H and O–H groups in total. The molecule has 0 saturated heterocycles. The highest BCUT2D eigenvalue weighted by atomic mass is 16.5. The van der Waals surface area contributed by atoms with Crippen LogP contribution in [0.4, 0.5) is 5.82 Å². The molecule has 1 unspecified atom stereocenters. The van der Waals surface area contributed by atoms with Gasteiger partial charge in [-0.15, -0.1) is 0 Å². The van der Waals surface area contributed by atoms with E-state index in [1.54, 1.807) is 12.3 Å². The van der Waals surface area contributed by atoms with Gasteiger partial charge in [0.15, 0.2) is 11.6 Å². The normalized spacial score (nSPS) is 15.7. The average Bonchev–Trinajstić information content (AvgIpc) is 3.06. The Balaban J connectivity index is 1.89. The number of carbonyl (C=O) groups excluding carboxylic acids is 1. The number of fused-ring (bicyclic) bond motifs is 1. The first-order valence-corrected chi connectivity index (χ1v) is 11.1. The molecule has 1 aliphatic carbocycles. The number of nitrogens with zero attached hydrogens (tertiary/aromatic N) is 5. The molecule has 0 radical (unpaired) electrons. The van der Waals surface area contributed by atoms with Crippen molar-refractivity contribution in [3.8, 4) is 17.3 Å². The van der Waals surface area contributed by atoms with Crippen LogP contribution in [0, 0.1) is 5.41 Å². The molecule has 2 aromatic heterocycles. The molecular formula is C24H35N5O3. The summed E-state index contributed by atoms with van der Waals surface area (Å²) in [4.78, 5) is 30.3. The van der Waals surface area contributed by atoms with E-state index >= 15 is 0 Å². The summed E-state index contributed by atoms with van der Waals surface area (Å²) in [6.45, 7) is 7.79. The van der Waals surface area contributed by atoms with Crippen molar-refractivity contribution in [1.29, 1.82) is 0 Å². The van der Waals surface area contributed by atoms with Gasteiger partial charge in [-0.3, -0.25) is 9.78 Å². The first-order valence-electron chi connectivity index (χ1n) is 11.1. The van der Waals surface area contributed by atoms with Crippen LogP contribution in [-0.2, 0) is 11.2 Å². The standard InChI is InChI=1S/C24H35N5O3/c1-24(2,3)14-16(30)15-29(6)23-18-7-8-20(31)21(18)26-22(27-23)19-13-17(9-10-25-19)32-12-11-28(4)5/h9-10,13,20,31H,7-8,11-12,14-15H2,1-6H3. The van der Waals surface area contributed by atoms with Crippen molar-refractivity contribution in [2.24, 2.45) is 5.41 Å². The lowest BCUT2D eigenvalue weighted by Crippen LogP contribution is -2.30. The van der Waals surface area contributed by atoms with Crippen molar-refractivity contribution < 1.29 is 14.6 Å². The molecule has 174 valence electrons. The van der Waals surface area contributed by atoms with E-state index in [-0.39, 0.29) is 17.7 Å². The Morgan fingerprint density at radius 1 is 1.25 bits per heavy atom. The molecule has 0 spiro atoms. The molecule has 0 amide bonds. The third-order valence-corrected chi connectivity index (χ3v) is 5.27. The van der Waals surface area contributed by atoms with Crippen LogP contribution in [-0.4, -0.2) is 71.6 Å². The third kappa shape index (κ3) is 6.23. The SMILES string of the molecule is CN(C)CCOc1ccnc(-c2nc3c(c(N(C)CC(=O)CC(C)(C)C)n2)CCC3O)c1. The second-order valence-corrected chi connectivity index (χ2v) is 9.95. The topological polar surface area (TPSA) is 91.7 Å². The highest BCUT2D eigenvalue weighted by Gasteiger charge is 2.29. The zero-order valence-corrected chi connectivity index (χ0v) is 20.1. The monoisotopic (exact) mass is 441 g/mol. The van der Waals surface area contributed by atoms with Crippen LogP contribution >= 0.6 is 0 Å². The minimum Gasteiger partial charge on any atom is -0.492 e. The predicted molar refractivity (Wildman–Crippen MR) is 125 cm³/mol. The molecule has 0 fully saturated rings. The lowest BCUT2D eigenvalue weighted by atomic mass is 9.90. The van der Waals surface area contributed by atoms with Gasteiger partial charge >= 0.3 is 0 Å². The summed E-state index contributed by atoms with van der Waals surface area (Å²) in [6.07, 6.45) is 2.82. The van der Waals surface area contributed by atoms with Gasteiger partial charge in [0.1, 0.15) is 23.9 Å². The second-order valence-electron chi connectivity index (χ2n) is 9.95. The molecular weight excluding hydrogens is 406 g/mol. The lowest BCUT2D eigenvalue weighted by molar-refractivity contribution is -0.119. The minimum absolute atomic E-state index is 0.0656. The lowest BCUT2D eigenvalue weighted by Gasteiger charge is -2.23. The van der Waals surface area contributed by atoms with E-state index < -0.39 is 6.10 Å². The molecule has 2 aromatic rings. The van der Waals surface area contributed by atoms with Gasteiger partial charge < -0.3 is 19.6 Å². The number of hydrogen-bond donors (Lipinski definition) is 1. The summed E-state index contributed by atoms with van der Waals surface area (Å²) in [7, 11) is 5.86. The zero-order valence-electron chi connectivity index (χ0n) is 20.1. The summed E-state index contributed by atoms with van der Waals surface area (Å²) in [5, 5.41) is 10.5. The number of rotatable bonds is 9. The Bertz CT molecular complexity index is 955. The molecule has 1 atom stereocenters. The quantitative estimate of drug-likeness (QED) is 0.635. The van der Waals surface area contributed by atoms with E-state index in [4.69, 9.17) is 9.72 Å². The van der Waals surface area contributed by atoms with Crippen molar-refractivity contribution in [3.05, 3.63) is 29.6 Å². The van der Waals surface area contributed by atoms with Crippen molar-refractivity contribution in [2.75, 3.05) is 45.7 Å². The first-order chi connectivity index (χ1) is 15.0. The molecule has 0 aromatic carbocycles. The number of ether oxygens (including phenoxy) is 1. The predicted octanol–water partition coefficient (Wildman–Crippen LogP) is 2.90. The van der Waals surface area contributed by atoms with Gasteiger partial charge in [0, 0.05) is 37.8 Å². The van der Waals surface area contributed by atoms with Crippen LogP contribution < -0.4 is 9.64 Å². The van der Waals surface area contributed by atoms with E-state index in [9.17, 15) is 9.90 Å². The number of aliphatic hydroxyl groups excluding tert-OH is 1. The Morgan fingerprint density at radius 2 is 2.00 bits per heavy atom. The molecule has 0 aliphatic heterocycles. The summed E-state index contributed by atoms with van der Waals surface area (Å²) in [5.41, 5.74) is 2.04. The van der Waals surface area contributed by atoms with E-state index in [1.165, 1.54) is 0 Å². The number of ketones is 1. The number of aliphatic hydroxyl groups is 1. The first kappa shape index (κ1) is 24.1. The Hall–Kier alpha value is -2.58. The highest BCUT2D eigenvalue weighted by Crippen LogP contribution is 2.36. The van der Waals surface area contributed by atoms with Gasteiger partial charge in [-0.25, -0.2) is 9.97 Å². The van der Waals surface area contributed by atoms with E-state index in [2.05, 4.69) is 35.6 Å². The Labute approximate surface area is 190 Å². The smallest absolute Gasteiger partial charge is 0.180 e. The maximum Gasteiger partial charge on any atom is 0.180 e. The molecule has 2 heterocycles. The number of pyridine rings is 1. The molecule has 3 rings (SSSR count). The molecule has 1 aliphatic rings. The number of hydrogen-bond acceptors (Lipinski definition) is 8. The van der Waals surface area contributed by atoms with Gasteiger partial charge in [-0.1, -0.05) is 20.8 Å². The zero-order chi connectivity index (χ0) is 23.5. The fraction of sp³-hybridized carbons (Fsp3) is 0.583. The van der Waals surface area contributed by atoms with Gasteiger partial charge in [0.25, 0.3) is 0 Å². The van der Waals surface area contributed by atoms with Gasteiger partial charge in [-0.05, 0) is 38.4 Å². The molecule has 8 heteroatoms. The molecule has 32 heavy (non-hydrogen) atoms. The number of Topliss-reactive ketones (excluding diaryl/α,β-unsaturated/α-hetero) is 1. The van der Waals surface area contributed by atoms with Crippen LogP contribution in [0.15, 0.2) is 18.3 Å². The maximum atomic E-state index is 12.6.